The predicted molar refractivity (Wildman–Crippen MR) is 34.5 cm³/mol. The molecule has 0 unspecified atom stereocenters. The fourth-order valence-corrected chi connectivity index (χ4v) is 0. The van der Waals surface area contributed by atoms with Gasteiger partial charge in [0.1, 0.15) is 0 Å². The van der Waals surface area contributed by atoms with Gasteiger partial charge in [0.25, 0.3) is 5.09 Å². The molecule has 0 rings (SSSR count). The van der Waals surface area contributed by atoms with Crippen molar-refractivity contribution in [2.24, 2.45) is 0 Å². The highest BCUT2D eigenvalue weighted by Gasteiger charge is 1.70. The first-order valence-corrected chi connectivity index (χ1v) is 1.22. The summed E-state index contributed by atoms with van der Waals surface area (Å²) in [5.41, 5.74) is 0. The Bertz CT molecular complexity index is 72.6. The highest BCUT2D eigenvalue weighted by atomic mass is 16.9. The molecule has 0 aliphatic carbocycles. The van der Waals surface area contributed by atoms with Crippen molar-refractivity contribution in [3.8, 4) is 0 Å². The van der Waals surface area contributed by atoms with Crippen molar-refractivity contribution in [1.29, 1.82) is 0 Å². The Hall–Kier alpha value is -1.65. The van der Waals surface area contributed by atoms with Crippen LogP contribution >= 0.6 is 0 Å². The Morgan fingerprint density at radius 1 is 1.18 bits per heavy atom. The van der Waals surface area contributed by atoms with Crippen LogP contribution in [0.5, 0.6) is 0 Å². The smallest absolute Gasteiger partial charge is 0.450 e. The molecule has 0 atom stereocenters. The molecule has 0 heterocycles. The van der Waals surface area contributed by atoms with Crippen LogP contribution in [-0.2, 0) is 0 Å². The lowest BCUT2D eigenvalue weighted by molar-refractivity contribution is -0.742. The maximum Gasteiger partial charge on any atom is 0.503 e. The van der Waals surface area contributed by atoms with Crippen LogP contribution in [0.4, 0.5) is 4.79 Å². The summed E-state index contributed by atoms with van der Waals surface area (Å²) in [6, 6.07) is 0. The van der Waals surface area contributed by atoms with Crippen molar-refractivity contribution in [3.05, 3.63) is 10.1 Å². The summed E-state index contributed by atoms with van der Waals surface area (Å²) in [4.78, 5) is 16.9. The van der Waals surface area contributed by atoms with E-state index < -0.39 is 11.2 Å². The Morgan fingerprint density at radius 3 is 1.18 bits per heavy atom. The van der Waals surface area contributed by atoms with Gasteiger partial charge in [-0.15, -0.1) is 10.1 Å². The van der Waals surface area contributed by atoms with Gasteiger partial charge in [-0.3, -0.25) is 0 Å². The summed E-state index contributed by atoms with van der Waals surface area (Å²) in [5.74, 6) is 0. The summed E-state index contributed by atoms with van der Waals surface area (Å²) in [7, 11) is 0. The lowest BCUT2D eigenvalue weighted by Gasteiger charge is -1.60. The molecule has 0 aromatic rings. The number of carboxylic acid groups (broad SMARTS) is 2. The summed E-state index contributed by atoms with van der Waals surface area (Å²) in [5, 5.41) is 27.6. The second-order valence-corrected chi connectivity index (χ2v) is 0.520. The van der Waals surface area contributed by atoms with Crippen LogP contribution in [0.1, 0.15) is 0 Å². The average molecular weight is 176 g/mol. The molecular formula is CH12N4O6. The zero-order valence-corrected chi connectivity index (χ0v) is 5.63. The summed E-state index contributed by atoms with van der Waals surface area (Å²) in [6.07, 6.45) is -1.83. The molecule has 0 aromatic carbocycles. The minimum absolute atomic E-state index is 0. The molecule has 0 saturated heterocycles. The van der Waals surface area contributed by atoms with E-state index >= 15 is 0 Å². The molecule has 0 radical (unpaired) electrons. The zero-order valence-electron chi connectivity index (χ0n) is 5.63. The fourth-order valence-electron chi connectivity index (χ4n) is 0. The van der Waals surface area contributed by atoms with Crippen molar-refractivity contribution in [2.45, 2.75) is 0 Å². The third-order valence-electron chi connectivity index (χ3n) is 0. The van der Waals surface area contributed by atoms with Crippen LogP contribution in [0.25, 0.3) is 0 Å². The minimum Gasteiger partial charge on any atom is -0.450 e. The third-order valence-corrected chi connectivity index (χ3v) is 0. The Kier molecular flexibility index (Phi) is 74.7. The van der Waals surface area contributed by atoms with Gasteiger partial charge in [-0.05, 0) is 0 Å². The van der Waals surface area contributed by atoms with Crippen molar-refractivity contribution in [3.63, 3.8) is 0 Å². The quantitative estimate of drug-likeness (QED) is 0.220. The number of carbonyl (C=O) groups is 1. The van der Waals surface area contributed by atoms with E-state index in [-0.39, 0.29) is 18.5 Å². The van der Waals surface area contributed by atoms with Gasteiger partial charge < -0.3 is 33.9 Å². The van der Waals surface area contributed by atoms with Gasteiger partial charge >= 0.3 is 6.16 Å². The predicted octanol–water partition coefficient (Wildman–Crippen LogP) is 0.361. The van der Waals surface area contributed by atoms with Crippen LogP contribution < -0.4 is 18.5 Å². The summed E-state index contributed by atoms with van der Waals surface area (Å²) < 4.78 is 0. The van der Waals surface area contributed by atoms with E-state index in [0.717, 1.165) is 0 Å². The normalized spacial score (nSPS) is 4.36. The standard InChI is InChI=1S/CH2O3.HNO3.3H3N/c2*2-1(3)4;;;/h(H2,2,3,4);(H,2,3,4);3*1H3. The first-order valence-electron chi connectivity index (χ1n) is 1.22. The first kappa shape index (κ1) is 34.5. The number of hydrogen-bond donors (Lipinski definition) is 6. The first-order chi connectivity index (χ1) is 3.46. The Labute approximate surface area is 61.3 Å². The van der Waals surface area contributed by atoms with Gasteiger partial charge in [0.15, 0.2) is 0 Å². The Morgan fingerprint density at radius 2 is 1.18 bits per heavy atom. The summed E-state index contributed by atoms with van der Waals surface area (Å²) >= 11 is 0. The van der Waals surface area contributed by atoms with Gasteiger partial charge in [-0.2, -0.15) is 0 Å². The lowest BCUT2D eigenvalue weighted by Crippen LogP contribution is -1.81. The van der Waals surface area contributed by atoms with Gasteiger partial charge in [-0.25, -0.2) is 4.79 Å². The van der Waals surface area contributed by atoms with Crippen LogP contribution in [0, 0.1) is 10.1 Å². The molecule has 12 N–H and O–H groups in total. The molecule has 72 valence electrons. The maximum absolute atomic E-state index is 8.56. The highest BCUT2D eigenvalue weighted by Crippen LogP contribution is 1.42. The van der Waals surface area contributed by atoms with Crippen LogP contribution in [0.2, 0.25) is 0 Å². The number of hydrogen-bond acceptors (Lipinski definition) is 6. The second-order valence-electron chi connectivity index (χ2n) is 0.520. The van der Waals surface area contributed by atoms with E-state index in [1.807, 2.05) is 0 Å². The van der Waals surface area contributed by atoms with Gasteiger partial charge in [-0.1, -0.05) is 0 Å². The molecule has 0 aliphatic heterocycles. The third kappa shape index (κ3) is 124. The van der Waals surface area contributed by atoms with Crippen LogP contribution in [-0.4, -0.2) is 26.7 Å². The van der Waals surface area contributed by atoms with Crippen LogP contribution in [0.15, 0.2) is 0 Å². The van der Waals surface area contributed by atoms with E-state index in [1.54, 1.807) is 0 Å². The van der Waals surface area contributed by atoms with E-state index in [1.165, 1.54) is 0 Å². The topological polar surface area (TPSA) is 226 Å². The molecule has 10 heteroatoms. The average Bonchev–Trinajstić information content (AvgIpc) is 1.25. The van der Waals surface area contributed by atoms with Crippen LogP contribution in [0.3, 0.4) is 0 Å². The molecule has 0 bridgehead atoms. The molecule has 10 nitrogen and oxygen atoms in total. The van der Waals surface area contributed by atoms with Crippen molar-refractivity contribution < 1.29 is 25.3 Å². The Balaban J connectivity index is -0.0000000171. The number of nitrogens with zero attached hydrogens (tertiary/aromatic N) is 1. The molecular weight excluding hydrogens is 164 g/mol. The maximum atomic E-state index is 8.56. The largest absolute Gasteiger partial charge is 0.503 e. The van der Waals surface area contributed by atoms with E-state index in [0.29, 0.717) is 0 Å². The van der Waals surface area contributed by atoms with Gasteiger partial charge in [0.2, 0.25) is 0 Å². The highest BCUT2D eigenvalue weighted by molar-refractivity contribution is 5.53. The van der Waals surface area contributed by atoms with Crippen molar-refractivity contribution >= 4 is 6.16 Å². The molecule has 0 aliphatic rings. The lowest BCUT2D eigenvalue weighted by atomic mass is 11.5. The second kappa shape index (κ2) is 23.8. The monoisotopic (exact) mass is 176 g/mol. The minimum atomic E-state index is -1.83. The molecule has 0 saturated carbocycles. The number of rotatable bonds is 0. The molecule has 11 heavy (non-hydrogen) atoms. The SMILES string of the molecule is N.N.N.O=C(O)O.O=[N+]([O-])O. The van der Waals surface area contributed by atoms with E-state index in [2.05, 4.69) is 0 Å². The molecule has 0 aromatic heterocycles. The molecule has 0 fully saturated rings. The van der Waals surface area contributed by atoms with E-state index in [4.69, 9.17) is 30.3 Å². The van der Waals surface area contributed by atoms with Crippen molar-refractivity contribution in [2.75, 3.05) is 0 Å². The zero-order chi connectivity index (χ0) is 7.15. The van der Waals surface area contributed by atoms with Crippen molar-refractivity contribution in [1.82, 2.24) is 18.5 Å². The van der Waals surface area contributed by atoms with Gasteiger partial charge in [0, 0.05) is 0 Å². The molecule has 0 amide bonds. The molecule has 0 spiro atoms. The van der Waals surface area contributed by atoms with E-state index in [9.17, 15) is 0 Å². The fraction of sp³-hybridized carbons (Fsp3) is 0. The summed E-state index contributed by atoms with van der Waals surface area (Å²) in [6.45, 7) is 0. The van der Waals surface area contributed by atoms with Gasteiger partial charge in [0.05, 0.1) is 0 Å².